The highest BCUT2D eigenvalue weighted by molar-refractivity contribution is 6.33. The first-order valence-electron chi connectivity index (χ1n) is 14.6. The zero-order chi connectivity index (χ0) is 32.1. The molecule has 5 rings (SSSR count). The molecule has 45 heavy (non-hydrogen) atoms. The molecular formula is C31H34Cl2N8O4. The number of amides is 2. The molecule has 0 atom stereocenters. The first kappa shape index (κ1) is 32.1. The predicted molar refractivity (Wildman–Crippen MR) is 173 cm³/mol. The first-order chi connectivity index (χ1) is 21.7. The van der Waals surface area contributed by atoms with E-state index in [1.54, 1.807) is 0 Å². The number of ether oxygens (including phenoxy) is 1. The Labute approximate surface area is 270 Å². The Morgan fingerprint density at radius 1 is 0.956 bits per heavy atom. The zero-order valence-electron chi connectivity index (χ0n) is 25.2. The van der Waals surface area contributed by atoms with Crippen LogP contribution in [-0.4, -0.2) is 82.7 Å². The van der Waals surface area contributed by atoms with Crippen LogP contribution < -0.4 is 20.9 Å². The van der Waals surface area contributed by atoms with E-state index < -0.39 is 17.4 Å². The van der Waals surface area contributed by atoms with Gasteiger partial charge in [-0.25, -0.2) is 15.0 Å². The molecule has 3 N–H and O–H groups in total. The number of benzene rings is 2. The van der Waals surface area contributed by atoms with E-state index in [0.29, 0.717) is 71.2 Å². The van der Waals surface area contributed by atoms with Gasteiger partial charge in [0.2, 0.25) is 11.8 Å². The van der Waals surface area contributed by atoms with Crippen molar-refractivity contribution in [3.05, 3.63) is 64.4 Å². The SMILES string of the molecule is CCNC1(C(=O)NCC(=O)NCC(=O)OC)CCN(c2nc(C)nc3c2nc(-c2ccccc2Cl)n3-c2ccc(Cl)cc2)CC1. The standard InChI is InChI=1S/C31H34Cl2N8O4/c1-4-36-31(30(44)35-17-24(42)34-18-25(43)45-3)13-15-40(16-14-31)28-26-29(38-19(2)37-28)41(21-11-9-20(32)10-12-21)27(39-26)22-7-5-6-8-23(22)33/h5-12,36H,4,13-18H2,1-3H3,(H,34,42)(H,35,44). The fourth-order valence-corrected chi connectivity index (χ4v) is 5.83. The number of aromatic nitrogens is 4. The number of anilines is 1. The molecule has 0 bridgehead atoms. The molecule has 0 aliphatic carbocycles. The van der Waals surface area contributed by atoms with Gasteiger partial charge in [0.15, 0.2) is 17.0 Å². The average Bonchev–Trinajstić information content (AvgIpc) is 3.42. The molecule has 0 radical (unpaired) electrons. The van der Waals surface area contributed by atoms with Crippen molar-refractivity contribution < 1.29 is 19.1 Å². The molecular weight excluding hydrogens is 619 g/mol. The highest BCUT2D eigenvalue weighted by atomic mass is 35.5. The largest absolute Gasteiger partial charge is 0.468 e. The van der Waals surface area contributed by atoms with Crippen LogP contribution in [0.4, 0.5) is 5.82 Å². The summed E-state index contributed by atoms with van der Waals surface area (Å²) in [5, 5.41) is 9.65. The summed E-state index contributed by atoms with van der Waals surface area (Å²) in [6.45, 7) is 4.80. The second-order valence-electron chi connectivity index (χ2n) is 10.6. The number of fused-ring (bicyclic) bond motifs is 1. The summed E-state index contributed by atoms with van der Waals surface area (Å²) < 4.78 is 6.49. The Morgan fingerprint density at radius 3 is 2.33 bits per heavy atom. The van der Waals surface area contributed by atoms with Crippen LogP contribution in [0.25, 0.3) is 28.2 Å². The molecule has 0 saturated carbocycles. The van der Waals surface area contributed by atoms with Crippen LogP contribution in [-0.2, 0) is 19.1 Å². The summed E-state index contributed by atoms with van der Waals surface area (Å²) in [6, 6.07) is 14.9. The van der Waals surface area contributed by atoms with E-state index in [4.69, 9.17) is 38.2 Å². The van der Waals surface area contributed by atoms with Gasteiger partial charge in [-0.05, 0) is 62.7 Å². The summed E-state index contributed by atoms with van der Waals surface area (Å²) in [5.41, 5.74) is 1.90. The van der Waals surface area contributed by atoms with Gasteiger partial charge in [0.05, 0.1) is 18.7 Å². The number of carbonyl (C=O) groups excluding carboxylic acids is 3. The van der Waals surface area contributed by atoms with Gasteiger partial charge in [-0.3, -0.25) is 19.0 Å². The quantitative estimate of drug-likeness (QED) is 0.219. The molecule has 14 heteroatoms. The summed E-state index contributed by atoms with van der Waals surface area (Å²) in [4.78, 5) is 53.7. The molecule has 4 aromatic rings. The van der Waals surface area contributed by atoms with E-state index in [-0.39, 0.29) is 19.0 Å². The van der Waals surface area contributed by atoms with Gasteiger partial charge in [-0.15, -0.1) is 0 Å². The highest BCUT2D eigenvalue weighted by Crippen LogP contribution is 2.36. The minimum absolute atomic E-state index is 0.259. The molecule has 0 unspecified atom stereocenters. The van der Waals surface area contributed by atoms with Gasteiger partial charge in [0.25, 0.3) is 0 Å². The number of likely N-dealkylation sites (N-methyl/N-ethyl adjacent to an activating group) is 1. The first-order valence-corrected chi connectivity index (χ1v) is 15.3. The minimum atomic E-state index is -0.888. The number of nitrogens with one attached hydrogen (secondary N) is 3. The van der Waals surface area contributed by atoms with Crippen molar-refractivity contribution in [2.75, 3.05) is 44.7 Å². The molecule has 1 aliphatic heterocycles. The number of hydrogen-bond acceptors (Lipinski definition) is 9. The lowest BCUT2D eigenvalue weighted by atomic mass is 9.86. The van der Waals surface area contributed by atoms with E-state index in [9.17, 15) is 14.4 Å². The van der Waals surface area contributed by atoms with E-state index in [2.05, 4.69) is 25.6 Å². The number of carbonyl (C=O) groups is 3. The summed E-state index contributed by atoms with van der Waals surface area (Å²) >= 11 is 12.9. The Balaban J connectivity index is 1.45. The molecule has 0 spiro atoms. The minimum Gasteiger partial charge on any atom is -0.468 e. The molecule has 12 nitrogen and oxygen atoms in total. The lowest BCUT2D eigenvalue weighted by Crippen LogP contribution is -2.62. The second-order valence-corrected chi connectivity index (χ2v) is 11.5. The number of hydrogen-bond donors (Lipinski definition) is 3. The number of halogens is 2. The fourth-order valence-electron chi connectivity index (χ4n) is 5.49. The molecule has 1 fully saturated rings. The van der Waals surface area contributed by atoms with E-state index in [0.717, 1.165) is 11.3 Å². The van der Waals surface area contributed by atoms with Crippen molar-refractivity contribution in [1.82, 2.24) is 35.5 Å². The van der Waals surface area contributed by atoms with Crippen molar-refractivity contribution in [3.8, 4) is 17.1 Å². The lowest BCUT2D eigenvalue weighted by molar-refractivity contribution is -0.141. The molecule has 2 amide bonds. The van der Waals surface area contributed by atoms with Crippen molar-refractivity contribution in [2.45, 2.75) is 32.2 Å². The summed E-state index contributed by atoms with van der Waals surface area (Å²) in [7, 11) is 1.24. The Hall–Kier alpha value is -4.26. The van der Waals surface area contributed by atoms with Crippen LogP contribution in [0.3, 0.4) is 0 Å². The Bertz CT molecular complexity index is 1720. The monoisotopic (exact) mass is 652 g/mol. The van der Waals surface area contributed by atoms with Crippen LogP contribution in [0.2, 0.25) is 10.0 Å². The molecule has 2 aromatic carbocycles. The summed E-state index contributed by atoms with van der Waals surface area (Å²) in [5.74, 6) is 0.500. The van der Waals surface area contributed by atoms with Gasteiger partial charge in [0, 0.05) is 29.4 Å². The number of nitrogens with zero attached hydrogens (tertiary/aromatic N) is 5. The smallest absolute Gasteiger partial charge is 0.325 e. The maximum atomic E-state index is 13.4. The second kappa shape index (κ2) is 13.8. The Morgan fingerprint density at radius 2 is 1.67 bits per heavy atom. The molecule has 2 aromatic heterocycles. The molecule has 3 heterocycles. The van der Waals surface area contributed by atoms with Crippen LogP contribution in [0.15, 0.2) is 48.5 Å². The number of imidazole rings is 1. The maximum Gasteiger partial charge on any atom is 0.325 e. The van der Waals surface area contributed by atoms with Crippen LogP contribution in [0, 0.1) is 6.92 Å². The van der Waals surface area contributed by atoms with Crippen molar-refractivity contribution in [1.29, 1.82) is 0 Å². The maximum absolute atomic E-state index is 13.4. The van der Waals surface area contributed by atoms with Crippen molar-refractivity contribution >= 4 is 58.0 Å². The molecule has 236 valence electrons. The highest BCUT2D eigenvalue weighted by Gasteiger charge is 2.41. The van der Waals surface area contributed by atoms with Gasteiger partial charge in [-0.2, -0.15) is 0 Å². The third-order valence-electron chi connectivity index (χ3n) is 7.73. The van der Waals surface area contributed by atoms with Crippen molar-refractivity contribution in [3.63, 3.8) is 0 Å². The van der Waals surface area contributed by atoms with Crippen LogP contribution in [0.5, 0.6) is 0 Å². The predicted octanol–water partition coefficient (Wildman–Crippen LogP) is 3.45. The zero-order valence-corrected chi connectivity index (χ0v) is 26.7. The van der Waals surface area contributed by atoms with Crippen LogP contribution in [0.1, 0.15) is 25.6 Å². The van der Waals surface area contributed by atoms with Gasteiger partial charge >= 0.3 is 5.97 Å². The van der Waals surface area contributed by atoms with Crippen LogP contribution >= 0.6 is 23.2 Å². The Kier molecular flexibility index (Phi) is 9.86. The lowest BCUT2D eigenvalue weighted by Gasteiger charge is -2.41. The van der Waals surface area contributed by atoms with Gasteiger partial charge in [-0.1, -0.05) is 42.3 Å². The molecule has 1 saturated heterocycles. The number of piperidine rings is 1. The van der Waals surface area contributed by atoms with Gasteiger partial charge < -0.3 is 25.6 Å². The third kappa shape index (κ3) is 6.87. The van der Waals surface area contributed by atoms with E-state index >= 15 is 0 Å². The fraction of sp³-hybridized carbons (Fsp3) is 0.355. The number of methoxy groups -OCH3 is 1. The third-order valence-corrected chi connectivity index (χ3v) is 8.31. The normalized spacial score (nSPS) is 14.3. The number of rotatable bonds is 10. The number of esters is 1. The topological polar surface area (TPSA) is 143 Å². The average molecular weight is 654 g/mol. The van der Waals surface area contributed by atoms with Gasteiger partial charge in [0.1, 0.15) is 23.7 Å². The number of aryl methyl sites for hydroxylation is 1. The van der Waals surface area contributed by atoms with E-state index in [1.165, 1.54) is 7.11 Å². The van der Waals surface area contributed by atoms with Crippen molar-refractivity contribution in [2.24, 2.45) is 0 Å². The van der Waals surface area contributed by atoms with E-state index in [1.807, 2.05) is 66.9 Å². The summed E-state index contributed by atoms with van der Waals surface area (Å²) in [6.07, 6.45) is 0.909. The molecule has 1 aliphatic rings.